The predicted molar refractivity (Wildman–Crippen MR) is 112 cm³/mol. The van der Waals surface area contributed by atoms with E-state index in [1.807, 2.05) is 59.2 Å². The predicted octanol–water partition coefficient (Wildman–Crippen LogP) is 5.03. The fraction of sp³-hybridized carbons (Fsp3) is 0.143. The van der Waals surface area contributed by atoms with Crippen LogP contribution in [0.4, 0.5) is 0 Å². The van der Waals surface area contributed by atoms with Gasteiger partial charge >= 0.3 is 0 Å². The molecule has 5 nitrogen and oxygen atoms in total. The molecule has 2 aromatic carbocycles. The van der Waals surface area contributed by atoms with Crippen molar-refractivity contribution in [3.63, 3.8) is 0 Å². The van der Waals surface area contributed by atoms with Crippen LogP contribution in [0.1, 0.15) is 6.92 Å². The number of ketones is 1. The summed E-state index contributed by atoms with van der Waals surface area (Å²) in [5.74, 6) is -1.29. The molecule has 0 aliphatic rings. The number of imidazole rings is 1. The van der Waals surface area contributed by atoms with Crippen LogP contribution in [-0.4, -0.2) is 26.8 Å². The topological polar surface area (TPSA) is 82.5 Å². The highest BCUT2D eigenvalue weighted by molar-refractivity contribution is 7.99. The van der Waals surface area contributed by atoms with Crippen LogP contribution in [0.5, 0.6) is 0 Å². The number of benzene rings is 2. The molecule has 0 aliphatic heterocycles. The molecule has 1 heterocycles. The van der Waals surface area contributed by atoms with E-state index in [0.717, 1.165) is 16.9 Å². The highest BCUT2D eigenvalue weighted by Crippen LogP contribution is 2.33. The number of Topliss-reactive ketones (excluding diaryl/α,β-unsaturated/α-hetero) is 1. The first-order valence-corrected chi connectivity index (χ1v) is 9.87. The summed E-state index contributed by atoms with van der Waals surface area (Å²) >= 11 is 7.66. The Labute approximate surface area is 172 Å². The number of hydrogen-bond acceptors (Lipinski definition) is 5. The molecule has 0 saturated heterocycles. The second kappa shape index (κ2) is 8.87. The number of nitrogens with zero attached hydrogens (tertiary/aromatic N) is 3. The van der Waals surface area contributed by atoms with Crippen molar-refractivity contribution in [3.05, 3.63) is 65.8 Å². The third-order valence-corrected chi connectivity index (χ3v) is 5.41. The second-order valence-corrected chi connectivity index (χ2v) is 7.43. The first-order valence-electron chi connectivity index (χ1n) is 8.51. The molecule has 3 aromatic rings. The molecule has 1 atom stereocenters. The minimum absolute atomic E-state index is 0.0458. The second-order valence-electron chi connectivity index (χ2n) is 6.08. The number of carbonyl (C=O) groups is 1. The van der Waals surface area contributed by atoms with Gasteiger partial charge in [-0.3, -0.25) is 9.36 Å². The molecule has 0 saturated carbocycles. The lowest BCUT2D eigenvalue weighted by molar-refractivity contribution is -0.117. The first kappa shape index (κ1) is 19.9. The van der Waals surface area contributed by atoms with Gasteiger partial charge in [-0.1, -0.05) is 65.8 Å². The van der Waals surface area contributed by atoms with Crippen molar-refractivity contribution in [2.45, 2.75) is 12.1 Å². The van der Waals surface area contributed by atoms with Crippen molar-refractivity contribution in [1.82, 2.24) is 9.55 Å². The van der Waals surface area contributed by atoms with Crippen molar-refractivity contribution in [1.29, 1.82) is 10.7 Å². The van der Waals surface area contributed by atoms with E-state index < -0.39 is 5.92 Å². The smallest absolute Gasteiger partial charge is 0.173 e. The van der Waals surface area contributed by atoms with E-state index in [0.29, 0.717) is 10.2 Å². The third kappa shape index (κ3) is 4.16. The molecule has 0 bridgehead atoms. The SMILES string of the molecule is CC(=N)C(C#N)C(=O)CSc1ncc(-c2ccccc2)n1-c1ccccc1Cl. The Kier molecular flexibility index (Phi) is 6.30. The van der Waals surface area contributed by atoms with Crippen molar-refractivity contribution in [2.24, 2.45) is 5.92 Å². The van der Waals surface area contributed by atoms with Gasteiger partial charge in [-0.05, 0) is 19.1 Å². The molecule has 140 valence electrons. The fourth-order valence-electron chi connectivity index (χ4n) is 2.74. The minimum atomic E-state index is -1.02. The van der Waals surface area contributed by atoms with Gasteiger partial charge in [0.05, 0.1) is 34.4 Å². The van der Waals surface area contributed by atoms with Crippen LogP contribution < -0.4 is 0 Å². The van der Waals surface area contributed by atoms with Gasteiger partial charge in [0.1, 0.15) is 5.92 Å². The van der Waals surface area contributed by atoms with Crippen molar-refractivity contribution >= 4 is 34.9 Å². The number of hydrogen-bond donors (Lipinski definition) is 1. The fourth-order valence-corrected chi connectivity index (χ4v) is 3.86. The number of nitriles is 1. The van der Waals surface area contributed by atoms with Gasteiger partial charge in [0.2, 0.25) is 0 Å². The number of thioether (sulfide) groups is 1. The van der Waals surface area contributed by atoms with Crippen LogP contribution in [0.3, 0.4) is 0 Å². The van der Waals surface area contributed by atoms with Gasteiger partial charge in [-0.2, -0.15) is 5.26 Å². The van der Waals surface area contributed by atoms with Crippen LogP contribution >= 0.6 is 23.4 Å². The molecule has 0 radical (unpaired) electrons. The average Bonchev–Trinajstić information content (AvgIpc) is 3.11. The maximum Gasteiger partial charge on any atom is 0.173 e. The largest absolute Gasteiger partial charge is 0.308 e. The molecule has 0 spiro atoms. The number of halogens is 1. The standard InChI is InChI=1S/C21H17ClN4OS/c1-14(24)16(11-23)20(27)13-28-21-25-12-19(15-7-3-2-4-8-15)26(21)18-10-6-5-9-17(18)22/h2-10,12,16,24H,13H2,1H3. The number of para-hydroxylation sites is 1. The highest BCUT2D eigenvalue weighted by atomic mass is 35.5. The summed E-state index contributed by atoms with van der Waals surface area (Å²) in [5, 5.41) is 17.9. The van der Waals surface area contributed by atoms with Crippen molar-refractivity contribution < 1.29 is 4.79 Å². The molecule has 1 N–H and O–H groups in total. The molecule has 28 heavy (non-hydrogen) atoms. The Morgan fingerprint density at radius 3 is 2.57 bits per heavy atom. The zero-order valence-corrected chi connectivity index (χ0v) is 16.7. The number of rotatable bonds is 7. The first-order chi connectivity index (χ1) is 13.5. The van der Waals surface area contributed by atoms with Gasteiger partial charge in [0.25, 0.3) is 0 Å². The van der Waals surface area contributed by atoms with E-state index in [1.165, 1.54) is 18.7 Å². The average molecular weight is 409 g/mol. The summed E-state index contributed by atoms with van der Waals surface area (Å²) in [7, 11) is 0. The Balaban J connectivity index is 2.00. The Morgan fingerprint density at radius 1 is 1.25 bits per heavy atom. The molecule has 0 fully saturated rings. The van der Waals surface area contributed by atoms with Crippen LogP contribution in [0.25, 0.3) is 16.9 Å². The maximum absolute atomic E-state index is 12.3. The maximum atomic E-state index is 12.3. The quantitative estimate of drug-likeness (QED) is 0.438. The van der Waals surface area contributed by atoms with Crippen LogP contribution in [0.2, 0.25) is 5.02 Å². The zero-order chi connectivity index (χ0) is 20.1. The van der Waals surface area contributed by atoms with Crippen LogP contribution in [0.15, 0.2) is 66.0 Å². The third-order valence-electron chi connectivity index (χ3n) is 4.12. The summed E-state index contributed by atoms with van der Waals surface area (Å²) in [6, 6.07) is 19.1. The van der Waals surface area contributed by atoms with E-state index >= 15 is 0 Å². The van der Waals surface area contributed by atoms with E-state index in [4.69, 9.17) is 22.3 Å². The van der Waals surface area contributed by atoms with Crippen molar-refractivity contribution in [2.75, 3.05) is 5.75 Å². The molecular weight excluding hydrogens is 392 g/mol. The van der Waals surface area contributed by atoms with E-state index in [9.17, 15) is 4.79 Å². The van der Waals surface area contributed by atoms with Gasteiger partial charge in [-0.15, -0.1) is 0 Å². The van der Waals surface area contributed by atoms with Crippen molar-refractivity contribution in [3.8, 4) is 23.0 Å². The molecule has 1 unspecified atom stereocenters. The Morgan fingerprint density at radius 2 is 1.93 bits per heavy atom. The van der Waals surface area contributed by atoms with Gasteiger partial charge in [-0.25, -0.2) is 4.98 Å². The normalized spacial score (nSPS) is 11.6. The van der Waals surface area contributed by atoms with E-state index in [1.54, 1.807) is 12.3 Å². The van der Waals surface area contributed by atoms with Crippen LogP contribution in [0, 0.1) is 22.7 Å². The monoisotopic (exact) mass is 408 g/mol. The lowest BCUT2D eigenvalue weighted by atomic mass is 10.0. The highest BCUT2D eigenvalue weighted by Gasteiger charge is 2.22. The van der Waals surface area contributed by atoms with Gasteiger partial charge in [0.15, 0.2) is 10.9 Å². The lowest BCUT2D eigenvalue weighted by Gasteiger charge is -2.14. The number of carbonyl (C=O) groups excluding carboxylic acids is 1. The summed E-state index contributed by atoms with van der Waals surface area (Å²) in [6.45, 7) is 1.47. The summed E-state index contributed by atoms with van der Waals surface area (Å²) in [6.07, 6.45) is 1.75. The Bertz CT molecular complexity index is 1060. The van der Waals surface area contributed by atoms with E-state index in [-0.39, 0.29) is 17.2 Å². The lowest BCUT2D eigenvalue weighted by Crippen LogP contribution is -2.21. The van der Waals surface area contributed by atoms with Gasteiger partial charge < -0.3 is 5.41 Å². The molecule has 7 heteroatoms. The number of nitrogens with one attached hydrogen (secondary N) is 1. The van der Waals surface area contributed by atoms with Gasteiger partial charge in [0, 0.05) is 11.3 Å². The van der Waals surface area contributed by atoms with Crippen LogP contribution in [-0.2, 0) is 4.79 Å². The molecule has 0 aliphatic carbocycles. The molecule has 3 rings (SSSR count). The minimum Gasteiger partial charge on any atom is -0.308 e. The molecule has 1 aromatic heterocycles. The van der Waals surface area contributed by atoms with E-state index in [2.05, 4.69) is 4.98 Å². The summed E-state index contributed by atoms with van der Waals surface area (Å²) < 4.78 is 1.91. The summed E-state index contributed by atoms with van der Waals surface area (Å²) in [5.41, 5.74) is 2.63. The molecule has 0 amide bonds. The molecular formula is C21H17ClN4OS. The Hall–Kier alpha value is -2.88. The number of aromatic nitrogens is 2. The zero-order valence-electron chi connectivity index (χ0n) is 15.1. The summed E-state index contributed by atoms with van der Waals surface area (Å²) in [4.78, 5) is 16.8.